The second-order valence-electron chi connectivity index (χ2n) is 3.71. The van der Waals surface area contributed by atoms with Gasteiger partial charge in [0.1, 0.15) is 5.82 Å². The van der Waals surface area contributed by atoms with Crippen molar-refractivity contribution in [3.05, 3.63) is 35.6 Å². The maximum absolute atomic E-state index is 12.7. The van der Waals surface area contributed by atoms with Gasteiger partial charge in [-0.3, -0.25) is 4.79 Å². The quantitative estimate of drug-likeness (QED) is 0.367. The van der Waals surface area contributed by atoms with Crippen molar-refractivity contribution in [1.82, 2.24) is 0 Å². The predicted molar refractivity (Wildman–Crippen MR) is 65.2 cm³/mol. The molecular formula is C13H16FNO3. The fraction of sp³-hybridized carbons (Fsp3) is 0.385. The first-order chi connectivity index (χ1) is 8.67. The first kappa shape index (κ1) is 14.2. The van der Waals surface area contributed by atoms with E-state index in [1.54, 1.807) is 6.92 Å². The average Bonchev–Trinajstić information content (AvgIpc) is 2.36. The predicted octanol–water partition coefficient (Wildman–Crippen LogP) is 2.74. The molecule has 18 heavy (non-hydrogen) atoms. The monoisotopic (exact) mass is 253 g/mol. The molecule has 0 amide bonds. The lowest BCUT2D eigenvalue weighted by Crippen LogP contribution is -2.06. The minimum atomic E-state index is -0.345. The topological polar surface area (TPSA) is 58.9 Å². The minimum Gasteiger partial charge on any atom is -0.466 e. The number of carbonyl (C=O) groups excluding carboxylic acids is 1. The number of hydrogen-bond donors (Lipinski definition) is 1. The van der Waals surface area contributed by atoms with Gasteiger partial charge >= 0.3 is 5.97 Å². The van der Waals surface area contributed by atoms with Gasteiger partial charge in [-0.05, 0) is 37.5 Å². The maximum Gasteiger partial charge on any atom is 0.305 e. The summed E-state index contributed by atoms with van der Waals surface area (Å²) in [4.78, 5) is 11.1. The molecule has 0 unspecified atom stereocenters. The summed E-state index contributed by atoms with van der Waals surface area (Å²) >= 11 is 0. The Bertz CT molecular complexity index is 415. The van der Waals surface area contributed by atoms with Crippen molar-refractivity contribution in [3.63, 3.8) is 0 Å². The zero-order chi connectivity index (χ0) is 13.4. The third-order valence-corrected chi connectivity index (χ3v) is 2.40. The minimum absolute atomic E-state index is 0.270. The summed E-state index contributed by atoms with van der Waals surface area (Å²) in [6, 6.07) is 5.67. The zero-order valence-corrected chi connectivity index (χ0v) is 10.2. The van der Waals surface area contributed by atoms with Gasteiger partial charge in [0.2, 0.25) is 0 Å². The highest BCUT2D eigenvalue weighted by molar-refractivity contribution is 6.00. The number of rotatable bonds is 6. The van der Waals surface area contributed by atoms with Crippen molar-refractivity contribution < 1.29 is 19.1 Å². The van der Waals surface area contributed by atoms with Crippen LogP contribution in [-0.2, 0) is 9.53 Å². The molecule has 0 aromatic heterocycles. The Morgan fingerprint density at radius 3 is 2.56 bits per heavy atom. The zero-order valence-electron chi connectivity index (χ0n) is 10.2. The Kier molecular flexibility index (Phi) is 5.84. The largest absolute Gasteiger partial charge is 0.466 e. The standard InChI is InChI=1S/C13H16FNO3/c1-2-18-13(16)5-3-4-12(15-17)10-6-8-11(14)9-7-10/h6-9,17H,2-5H2,1H3/b15-12-. The van der Waals surface area contributed by atoms with Crippen LogP contribution >= 0.6 is 0 Å². The lowest BCUT2D eigenvalue weighted by atomic mass is 10.0. The van der Waals surface area contributed by atoms with E-state index in [-0.39, 0.29) is 18.2 Å². The van der Waals surface area contributed by atoms with Gasteiger partial charge in [-0.1, -0.05) is 17.3 Å². The molecule has 0 aliphatic heterocycles. The van der Waals surface area contributed by atoms with E-state index in [1.807, 2.05) is 0 Å². The fourth-order valence-corrected chi connectivity index (χ4v) is 1.53. The van der Waals surface area contributed by atoms with E-state index >= 15 is 0 Å². The number of oxime groups is 1. The third-order valence-electron chi connectivity index (χ3n) is 2.40. The van der Waals surface area contributed by atoms with Crippen molar-refractivity contribution >= 4 is 11.7 Å². The van der Waals surface area contributed by atoms with Gasteiger partial charge in [-0.15, -0.1) is 0 Å². The maximum atomic E-state index is 12.7. The van der Waals surface area contributed by atoms with Gasteiger partial charge in [0.15, 0.2) is 0 Å². The van der Waals surface area contributed by atoms with Crippen LogP contribution in [-0.4, -0.2) is 23.5 Å². The molecule has 0 aliphatic carbocycles. The van der Waals surface area contributed by atoms with Crippen LogP contribution in [0.1, 0.15) is 31.7 Å². The van der Waals surface area contributed by atoms with Gasteiger partial charge in [0, 0.05) is 6.42 Å². The van der Waals surface area contributed by atoms with E-state index in [0.29, 0.717) is 30.7 Å². The summed E-state index contributed by atoms with van der Waals surface area (Å²) in [5.41, 5.74) is 1.07. The molecule has 0 saturated heterocycles. The van der Waals surface area contributed by atoms with Crippen molar-refractivity contribution in [3.8, 4) is 0 Å². The second-order valence-corrected chi connectivity index (χ2v) is 3.71. The Labute approximate surface area is 105 Å². The van der Waals surface area contributed by atoms with Crippen molar-refractivity contribution in [1.29, 1.82) is 0 Å². The molecule has 1 rings (SSSR count). The highest BCUT2D eigenvalue weighted by Gasteiger charge is 2.07. The number of halogens is 1. The molecule has 5 heteroatoms. The van der Waals surface area contributed by atoms with E-state index < -0.39 is 0 Å². The van der Waals surface area contributed by atoms with E-state index in [4.69, 9.17) is 9.94 Å². The Hall–Kier alpha value is -1.91. The molecule has 0 saturated carbocycles. The van der Waals surface area contributed by atoms with Crippen LogP contribution in [0.15, 0.2) is 29.4 Å². The Morgan fingerprint density at radius 2 is 2.00 bits per heavy atom. The molecule has 0 aliphatic rings. The number of benzene rings is 1. The Morgan fingerprint density at radius 1 is 1.33 bits per heavy atom. The molecule has 0 heterocycles. The van der Waals surface area contributed by atoms with Gasteiger partial charge in [0.25, 0.3) is 0 Å². The van der Waals surface area contributed by atoms with Crippen LogP contribution in [0, 0.1) is 5.82 Å². The van der Waals surface area contributed by atoms with Crippen molar-refractivity contribution in [2.45, 2.75) is 26.2 Å². The van der Waals surface area contributed by atoms with Crippen LogP contribution in [0.5, 0.6) is 0 Å². The van der Waals surface area contributed by atoms with Crippen LogP contribution in [0.4, 0.5) is 4.39 Å². The molecule has 0 spiro atoms. The summed E-state index contributed by atoms with van der Waals surface area (Å²) in [6.45, 7) is 2.11. The van der Waals surface area contributed by atoms with E-state index in [0.717, 1.165) is 0 Å². The summed E-state index contributed by atoms with van der Waals surface area (Å²) in [6.07, 6.45) is 1.23. The van der Waals surface area contributed by atoms with E-state index in [2.05, 4.69) is 5.16 Å². The number of esters is 1. The molecule has 0 radical (unpaired) electrons. The van der Waals surface area contributed by atoms with Crippen LogP contribution in [0.2, 0.25) is 0 Å². The van der Waals surface area contributed by atoms with Crippen molar-refractivity contribution in [2.75, 3.05) is 6.61 Å². The van der Waals surface area contributed by atoms with E-state index in [9.17, 15) is 9.18 Å². The first-order valence-corrected chi connectivity index (χ1v) is 5.80. The highest BCUT2D eigenvalue weighted by Crippen LogP contribution is 2.10. The molecular weight excluding hydrogens is 237 g/mol. The molecule has 98 valence electrons. The molecule has 1 aromatic carbocycles. The normalized spacial score (nSPS) is 11.3. The lowest BCUT2D eigenvalue weighted by Gasteiger charge is -2.05. The molecule has 4 nitrogen and oxygen atoms in total. The number of nitrogens with zero attached hydrogens (tertiary/aromatic N) is 1. The first-order valence-electron chi connectivity index (χ1n) is 5.80. The van der Waals surface area contributed by atoms with Crippen LogP contribution in [0.25, 0.3) is 0 Å². The second kappa shape index (κ2) is 7.42. The molecule has 1 N–H and O–H groups in total. The fourth-order valence-electron chi connectivity index (χ4n) is 1.53. The molecule has 0 bridgehead atoms. The summed E-state index contributed by atoms with van der Waals surface area (Å²) in [5, 5.41) is 12.1. The summed E-state index contributed by atoms with van der Waals surface area (Å²) in [5.74, 6) is -0.614. The van der Waals surface area contributed by atoms with Crippen LogP contribution < -0.4 is 0 Å². The smallest absolute Gasteiger partial charge is 0.305 e. The molecule has 0 fully saturated rings. The summed E-state index contributed by atoms with van der Waals surface area (Å²) < 4.78 is 17.5. The third kappa shape index (κ3) is 4.53. The van der Waals surface area contributed by atoms with Crippen molar-refractivity contribution in [2.24, 2.45) is 5.16 Å². The number of carbonyl (C=O) groups is 1. The van der Waals surface area contributed by atoms with Gasteiger partial charge in [-0.2, -0.15) is 0 Å². The number of hydrogen-bond acceptors (Lipinski definition) is 4. The molecule has 0 atom stereocenters. The molecule has 1 aromatic rings. The summed E-state index contributed by atoms with van der Waals surface area (Å²) in [7, 11) is 0. The van der Waals surface area contributed by atoms with E-state index in [1.165, 1.54) is 24.3 Å². The number of ether oxygens (including phenoxy) is 1. The highest BCUT2D eigenvalue weighted by atomic mass is 19.1. The van der Waals surface area contributed by atoms with Gasteiger partial charge < -0.3 is 9.94 Å². The SMILES string of the molecule is CCOC(=O)CCC/C(=N/O)c1ccc(F)cc1. The Balaban J connectivity index is 2.48. The van der Waals surface area contributed by atoms with Crippen LogP contribution in [0.3, 0.4) is 0 Å². The van der Waals surface area contributed by atoms with Gasteiger partial charge in [-0.25, -0.2) is 4.39 Å². The van der Waals surface area contributed by atoms with Gasteiger partial charge in [0.05, 0.1) is 12.3 Å². The lowest BCUT2D eigenvalue weighted by molar-refractivity contribution is -0.143. The average molecular weight is 253 g/mol.